The molecule has 3 heterocycles. The van der Waals surface area contributed by atoms with Crippen molar-refractivity contribution in [2.45, 2.75) is 148 Å². The van der Waals surface area contributed by atoms with Gasteiger partial charge < -0.3 is 94.8 Å². The predicted molar refractivity (Wildman–Crippen MR) is 399 cm³/mol. The summed E-state index contributed by atoms with van der Waals surface area (Å²) in [5.74, 6) is -13.0. The summed E-state index contributed by atoms with van der Waals surface area (Å²) in [5, 5.41) is 65.1. The number of H-pyrrole nitrogens is 2. The van der Waals surface area contributed by atoms with Gasteiger partial charge in [-0.25, -0.2) is 9.78 Å². The number of likely N-dealkylation sites (N-methyl/N-ethyl adjacent to an activating group) is 1. The van der Waals surface area contributed by atoms with Crippen LogP contribution in [0.15, 0.2) is 67.3 Å². The van der Waals surface area contributed by atoms with Crippen LogP contribution in [-0.4, -0.2) is 254 Å². The summed E-state index contributed by atoms with van der Waals surface area (Å²) in [7, 11) is 1.66. The van der Waals surface area contributed by atoms with Crippen molar-refractivity contribution in [2.75, 3.05) is 76.7 Å². The fourth-order valence-corrected chi connectivity index (χ4v) is 12.7. The van der Waals surface area contributed by atoms with E-state index in [0.717, 1.165) is 10.9 Å². The number of thioether (sulfide) groups is 1. The fourth-order valence-electron chi connectivity index (χ4n) is 12.2. The van der Waals surface area contributed by atoms with Crippen LogP contribution in [0.5, 0.6) is 0 Å². The third-order valence-electron chi connectivity index (χ3n) is 18.0. The number of Topliss-reactive ketones (excluding diaryl/α,β-unsaturated/α-hetero) is 1. The number of aromatic amines is 2. The number of benzene rings is 2. The van der Waals surface area contributed by atoms with Crippen LogP contribution in [0.25, 0.3) is 10.9 Å². The van der Waals surface area contributed by atoms with Crippen LogP contribution >= 0.6 is 11.8 Å². The van der Waals surface area contributed by atoms with Gasteiger partial charge >= 0.3 is 23.9 Å². The minimum absolute atomic E-state index is 0.00909. The quantitative estimate of drug-likeness (QED) is 0.0177. The SMILES string of the molecule is CC(=O)[C@H](C)NC(=O)[C@H](Cc1c[nH]c2ccccc12)NC(=O)[C@H](CCC(N)=O)NC(=O)c1ccc(NC(=O)CNC(=O)CCC2(C(CC(=O)O)CC(=O)OO)CN(CC(=O)O)CCN(CC(=O)O)C2)cc1.CN[C@H](C(=O)NCC(=O)N[C@@H](Cc1cnc[nH]1)C(=O)N[C@@H](CC(C)C)C(=O)N[C@@H](CCSC)C(N)=O)C(C)C. The number of hydrogen-bond acceptors (Lipinski definition) is 23. The Kier molecular flexibility index (Phi) is 38.1. The molecule has 2 aromatic heterocycles. The molecule has 20 N–H and O–H groups in total. The summed E-state index contributed by atoms with van der Waals surface area (Å²) >= 11 is 1.52. The minimum Gasteiger partial charge on any atom is -0.481 e. The van der Waals surface area contributed by atoms with E-state index in [9.17, 15) is 92.0 Å². The van der Waals surface area contributed by atoms with Gasteiger partial charge in [-0.15, -0.1) is 0 Å². The van der Waals surface area contributed by atoms with Gasteiger partial charge in [-0.05, 0) is 112 Å². The predicted octanol–water partition coefficient (Wildman–Crippen LogP) is -1.49. The number of fused-ring (bicyclic) bond motifs is 1. The number of carbonyl (C=O) groups is 16. The molecular formula is C71H103N17O21S. The molecule has 38 nitrogen and oxygen atoms in total. The molecular weight excluding hydrogens is 1460 g/mol. The number of carboxylic acids is 3. The van der Waals surface area contributed by atoms with Gasteiger partial charge in [0.25, 0.3) is 5.91 Å². The van der Waals surface area contributed by atoms with E-state index in [1.807, 2.05) is 52.1 Å². The second-order valence-electron chi connectivity index (χ2n) is 27.5. The Hall–Kier alpha value is -10.9. The third kappa shape index (κ3) is 31.7. The number of nitrogens with one attached hydrogen (secondary N) is 12. The topological polar surface area (TPSA) is 587 Å². The Morgan fingerprint density at radius 3 is 1.79 bits per heavy atom. The maximum Gasteiger partial charge on any atom is 0.342 e. The van der Waals surface area contributed by atoms with Gasteiger partial charge in [0, 0.05) is 104 Å². The van der Waals surface area contributed by atoms with Gasteiger partial charge in [0.2, 0.25) is 59.1 Å². The number of para-hydroxylation sites is 1. The minimum atomic E-state index is -1.42. The van der Waals surface area contributed by atoms with Crippen LogP contribution in [-0.2, 0) is 89.6 Å². The Balaban J connectivity index is 0.000000553. The maximum atomic E-state index is 13.8. The van der Waals surface area contributed by atoms with Gasteiger partial charge in [0.1, 0.15) is 30.2 Å². The fraction of sp³-hybridized carbons (Fsp3) is 0.535. The maximum absolute atomic E-state index is 13.8. The Morgan fingerprint density at radius 1 is 0.645 bits per heavy atom. The molecule has 4 aromatic rings. The molecule has 1 saturated heterocycles. The number of nitrogens with zero attached hydrogens (tertiary/aromatic N) is 3. The van der Waals surface area contributed by atoms with E-state index in [0.29, 0.717) is 29.9 Å². The number of imidazole rings is 1. The number of rotatable bonds is 45. The summed E-state index contributed by atoms with van der Waals surface area (Å²) in [4.78, 5) is 219. The summed E-state index contributed by atoms with van der Waals surface area (Å²) in [5.41, 5.74) is 11.7. The van der Waals surface area contributed by atoms with Crippen molar-refractivity contribution in [1.29, 1.82) is 0 Å². The van der Waals surface area contributed by atoms with Crippen molar-refractivity contribution >= 4 is 123 Å². The summed E-state index contributed by atoms with van der Waals surface area (Å²) in [6.45, 7) is 8.12. The molecule has 39 heteroatoms. The molecule has 1 unspecified atom stereocenters. The van der Waals surface area contributed by atoms with Crippen LogP contribution < -0.4 is 64.6 Å². The number of hydrogen-bond donors (Lipinski definition) is 18. The van der Waals surface area contributed by atoms with Gasteiger partial charge in [0.05, 0.1) is 51.0 Å². The molecule has 1 aliphatic heterocycles. The molecule has 1 aliphatic rings. The number of anilines is 1. The first-order chi connectivity index (χ1) is 52.0. The normalized spacial score (nSPS) is 15.0. The molecule has 0 bridgehead atoms. The number of nitrogens with two attached hydrogens (primary N) is 2. The molecule has 0 aliphatic carbocycles. The van der Waals surface area contributed by atoms with Crippen molar-refractivity contribution in [2.24, 2.45) is 34.6 Å². The summed E-state index contributed by atoms with van der Waals surface area (Å²) in [6, 6.07) is 5.78. The largest absolute Gasteiger partial charge is 0.481 e. The zero-order valence-corrected chi connectivity index (χ0v) is 63.5. The van der Waals surface area contributed by atoms with Gasteiger partial charge in [-0.2, -0.15) is 17.0 Å². The lowest BCUT2D eigenvalue weighted by Crippen LogP contribution is -2.58. The van der Waals surface area contributed by atoms with E-state index >= 15 is 0 Å². The molecule has 110 heavy (non-hydrogen) atoms. The van der Waals surface area contributed by atoms with E-state index in [2.05, 4.69) is 73.0 Å². The van der Waals surface area contributed by atoms with Crippen LogP contribution in [0, 0.1) is 23.2 Å². The Bertz CT molecular complexity index is 3810. The van der Waals surface area contributed by atoms with Gasteiger partial charge in [0.15, 0.2) is 5.78 Å². The van der Waals surface area contributed by atoms with E-state index in [-0.39, 0.29) is 99.6 Å². The molecule has 11 amide bonds. The molecule has 0 radical (unpaired) electrons. The molecule has 8 atom stereocenters. The first-order valence-corrected chi connectivity index (χ1v) is 36.8. The molecule has 2 aromatic carbocycles. The van der Waals surface area contributed by atoms with Crippen molar-refractivity contribution < 1.29 is 102 Å². The summed E-state index contributed by atoms with van der Waals surface area (Å²) in [6.07, 6.45) is 4.74. The molecule has 0 spiro atoms. The molecule has 604 valence electrons. The zero-order chi connectivity index (χ0) is 81.9. The standard InChI is InChI=1S/C46H59N9O16.C25H44N8O5S/c1-26(27(2)56)50-45(69)35(17-29-20-48-33-6-4-3-5-32(29)33)53-44(68)34(11-12-36(47)57)52-43(67)28-7-9-31(10-8-28)51-38(59)21-49-37(58)13-14-46(30(18-39(60)61)19-42(66)71-70)24-54(22-40(62)63)15-16-55(25-46)23-41(64)65;1-14(2)9-18(23(36)32-17(22(26)35)7-8-39-6)33-24(37)19(10-16-11-28-13-30-16)31-20(34)12-29-25(38)21(27-5)15(3)4/h3-10,20,26,30,34-35,48,70H,11-19,21-25H2,1-2H3,(H2,47,57)(H,49,58)(H,50,69)(H,51,59)(H,52,67)(H,53,68)(H,60,61)(H,62,63)(H,64,65);11,13-15,17-19,21,27H,7-10,12H2,1-6H3,(H2,26,35)(H,28,30)(H,29,38)(H,31,34)(H,32,36)(H,33,37)/t26-,30?,34-,35-;17-,18-,19-,21-/m00/s1. The number of primary amides is 2. The first-order valence-electron chi connectivity index (χ1n) is 35.4. The van der Waals surface area contributed by atoms with Crippen molar-refractivity contribution in [3.63, 3.8) is 0 Å². The smallest absolute Gasteiger partial charge is 0.342 e. The lowest BCUT2D eigenvalue weighted by molar-refractivity contribution is -0.236. The van der Waals surface area contributed by atoms with Crippen LogP contribution in [0.1, 0.15) is 115 Å². The van der Waals surface area contributed by atoms with Crippen LogP contribution in [0.4, 0.5) is 5.69 Å². The summed E-state index contributed by atoms with van der Waals surface area (Å²) < 4.78 is 0. The zero-order valence-electron chi connectivity index (χ0n) is 62.7. The number of amides is 11. The highest BCUT2D eigenvalue weighted by atomic mass is 32.2. The number of ketones is 1. The third-order valence-corrected chi connectivity index (χ3v) is 18.6. The highest BCUT2D eigenvalue weighted by Crippen LogP contribution is 2.41. The van der Waals surface area contributed by atoms with E-state index in [1.165, 1.54) is 72.2 Å². The first kappa shape index (κ1) is 91.5. The highest BCUT2D eigenvalue weighted by Gasteiger charge is 2.46. The molecule has 1 fully saturated rings. The van der Waals surface area contributed by atoms with Crippen molar-refractivity contribution in [1.82, 2.24) is 72.6 Å². The van der Waals surface area contributed by atoms with Crippen LogP contribution in [0.2, 0.25) is 0 Å². The number of carbonyl (C=O) groups excluding carboxylic acids is 13. The van der Waals surface area contributed by atoms with Crippen LogP contribution in [0.3, 0.4) is 0 Å². The molecule has 0 saturated carbocycles. The number of aromatic nitrogens is 3. The van der Waals surface area contributed by atoms with Crippen molar-refractivity contribution in [3.05, 3.63) is 84.1 Å². The Morgan fingerprint density at radius 2 is 1.24 bits per heavy atom. The van der Waals surface area contributed by atoms with Crippen molar-refractivity contribution in [3.8, 4) is 0 Å². The average molecular weight is 1560 g/mol. The van der Waals surface area contributed by atoms with Gasteiger partial charge in [-0.3, -0.25) is 81.7 Å². The lowest BCUT2D eigenvalue weighted by atomic mass is 9.68. The van der Waals surface area contributed by atoms with E-state index in [4.69, 9.17) is 16.7 Å². The monoisotopic (exact) mass is 1560 g/mol. The lowest BCUT2D eigenvalue weighted by Gasteiger charge is -2.43. The van der Waals surface area contributed by atoms with Gasteiger partial charge in [-0.1, -0.05) is 45.9 Å². The second kappa shape index (κ2) is 45.8. The van der Waals surface area contributed by atoms with E-state index < -0.39 is 175 Å². The van der Waals surface area contributed by atoms with E-state index in [1.54, 1.807) is 19.3 Å². The second-order valence-corrected chi connectivity index (χ2v) is 28.5. The molecule has 5 rings (SSSR count). The Labute approximate surface area is 638 Å². The highest BCUT2D eigenvalue weighted by molar-refractivity contribution is 7.98. The number of aliphatic carboxylic acids is 3. The average Bonchev–Trinajstić information content (AvgIpc) is 1.68. The number of carboxylic acid groups (broad SMARTS) is 3.